The van der Waals surface area contributed by atoms with Gasteiger partial charge in [0.2, 0.25) is 5.95 Å². The lowest BCUT2D eigenvalue weighted by Crippen LogP contribution is -2.29. The van der Waals surface area contributed by atoms with Crippen molar-refractivity contribution in [3.05, 3.63) is 48.2 Å². The molecule has 2 aromatic carbocycles. The van der Waals surface area contributed by atoms with Crippen LogP contribution in [0.25, 0.3) is 22.4 Å². The smallest absolute Gasteiger partial charge is 0.227 e. The van der Waals surface area contributed by atoms with Crippen LogP contribution in [0.1, 0.15) is 5.89 Å². The van der Waals surface area contributed by atoms with Crippen LogP contribution in [-0.4, -0.2) is 61.2 Å². The van der Waals surface area contributed by atoms with E-state index in [4.69, 9.17) is 14.9 Å². The summed E-state index contributed by atoms with van der Waals surface area (Å²) in [6.07, 6.45) is 1.59. The number of nitrogens with zero attached hydrogens (tertiary/aromatic N) is 5. The Labute approximate surface area is 197 Å². The molecule has 9 nitrogen and oxygen atoms in total. The summed E-state index contributed by atoms with van der Waals surface area (Å²) in [6, 6.07) is 8.46. The molecule has 178 valence electrons. The number of aromatic nitrogens is 3. The third-order valence-corrected chi connectivity index (χ3v) is 5.40. The first kappa shape index (κ1) is 23.2. The quantitative estimate of drug-likeness (QED) is 0.373. The summed E-state index contributed by atoms with van der Waals surface area (Å²) in [6.45, 7) is 3.37. The number of ether oxygens (including phenoxy) is 1. The van der Waals surface area contributed by atoms with E-state index >= 15 is 0 Å². The van der Waals surface area contributed by atoms with Gasteiger partial charge in [-0.15, -0.1) is 0 Å². The van der Waals surface area contributed by atoms with Crippen molar-refractivity contribution in [2.24, 2.45) is 0 Å². The molecule has 0 saturated heterocycles. The van der Waals surface area contributed by atoms with Gasteiger partial charge in [0.15, 0.2) is 17.3 Å². The topological polar surface area (TPSA) is 106 Å². The van der Waals surface area contributed by atoms with Gasteiger partial charge < -0.3 is 30.0 Å². The zero-order valence-corrected chi connectivity index (χ0v) is 19.9. The van der Waals surface area contributed by atoms with Crippen LogP contribution in [0.2, 0.25) is 0 Å². The van der Waals surface area contributed by atoms with Crippen molar-refractivity contribution in [3.8, 4) is 17.0 Å². The summed E-state index contributed by atoms with van der Waals surface area (Å²) in [5.41, 5.74) is 10.1. The number of rotatable bonds is 8. The van der Waals surface area contributed by atoms with Gasteiger partial charge in [0.05, 0.1) is 29.9 Å². The van der Waals surface area contributed by atoms with Gasteiger partial charge in [-0.2, -0.15) is 0 Å². The van der Waals surface area contributed by atoms with Crippen molar-refractivity contribution in [1.82, 2.24) is 19.9 Å². The van der Waals surface area contributed by atoms with E-state index in [-0.39, 0.29) is 5.52 Å². The predicted molar refractivity (Wildman–Crippen MR) is 132 cm³/mol. The highest BCUT2D eigenvalue weighted by Crippen LogP contribution is 2.36. The summed E-state index contributed by atoms with van der Waals surface area (Å²) in [5.74, 6) is 0.843. The van der Waals surface area contributed by atoms with E-state index in [0.29, 0.717) is 45.8 Å². The molecular formula is C24H28FN7O2. The number of oxazole rings is 1. The molecule has 0 aliphatic carbocycles. The molecule has 34 heavy (non-hydrogen) atoms. The summed E-state index contributed by atoms with van der Waals surface area (Å²) in [5, 5.41) is 3.16. The second-order valence-electron chi connectivity index (χ2n) is 8.26. The maximum absolute atomic E-state index is 14.5. The van der Waals surface area contributed by atoms with E-state index in [9.17, 15) is 4.39 Å². The number of nitrogen functional groups attached to an aromatic ring is 1. The van der Waals surface area contributed by atoms with E-state index < -0.39 is 5.82 Å². The summed E-state index contributed by atoms with van der Waals surface area (Å²) in [4.78, 5) is 17.1. The van der Waals surface area contributed by atoms with Crippen LogP contribution in [0.5, 0.6) is 5.75 Å². The molecule has 4 aromatic rings. The molecule has 3 N–H and O–H groups in total. The van der Waals surface area contributed by atoms with E-state index in [0.717, 1.165) is 18.8 Å². The van der Waals surface area contributed by atoms with Gasteiger partial charge in [0.1, 0.15) is 11.3 Å². The zero-order valence-electron chi connectivity index (χ0n) is 19.9. The Morgan fingerprint density at radius 1 is 1.12 bits per heavy atom. The maximum atomic E-state index is 14.5. The van der Waals surface area contributed by atoms with Gasteiger partial charge in [0.25, 0.3) is 0 Å². The number of anilines is 4. The van der Waals surface area contributed by atoms with Crippen molar-refractivity contribution in [2.45, 2.75) is 6.92 Å². The van der Waals surface area contributed by atoms with Gasteiger partial charge in [0, 0.05) is 44.9 Å². The molecule has 0 bridgehead atoms. The molecule has 0 spiro atoms. The summed E-state index contributed by atoms with van der Waals surface area (Å²) < 4.78 is 25.6. The number of hydrogen-bond acceptors (Lipinski definition) is 9. The fourth-order valence-corrected chi connectivity index (χ4v) is 3.60. The number of benzene rings is 2. The van der Waals surface area contributed by atoms with Gasteiger partial charge in [-0.1, -0.05) is 0 Å². The maximum Gasteiger partial charge on any atom is 0.227 e. The first-order valence-electron chi connectivity index (χ1n) is 10.8. The highest BCUT2D eigenvalue weighted by Gasteiger charge is 2.15. The number of likely N-dealkylation sites (N-methyl/N-ethyl adjacent to an activating group) is 2. The Kier molecular flexibility index (Phi) is 6.51. The van der Waals surface area contributed by atoms with Crippen LogP contribution in [0.4, 0.5) is 27.4 Å². The van der Waals surface area contributed by atoms with Gasteiger partial charge in [-0.25, -0.2) is 19.3 Å². The number of hydrogen-bond donors (Lipinski definition) is 2. The molecule has 4 rings (SSSR count). The fraction of sp³-hybridized carbons (Fsp3) is 0.292. The van der Waals surface area contributed by atoms with Crippen molar-refractivity contribution < 1.29 is 13.5 Å². The average molecular weight is 466 g/mol. The van der Waals surface area contributed by atoms with Crippen LogP contribution in [0.15, 0.2) is 40.9 Å². The highest BCUT2D eigenvalue weighted by molar-refractivity contribution is 5.81. The minimum absolute atomic E-state index is 0.199. The molecule has 0 unspecified atom stereocenters. The normalized spacial score (nSPS) is 11.3. The van der Waals surface area contributed by atoms with Crippen LogP contribution in [0, 0.1) is 12.7 Å². The highest BCUT2D eigenvalue weighted by atomic mass is 19.1. The van der Waals surface area contributed by atoms with E-state index in [1.165, 1.54) is 6.07 Å². The Balaban J connectivity index is 1.62. The molecule has 0 saturated carbocycles. The lowest BCUT2D eigenvalue weighted by Gasteiger charge is -2.24. The molecule has 0 radical (unpaired) electrons. The van der Waals surface area contributed by atoms with Gasteiger partial charge in [-0.05, 0) is 38.4 Å². The van der Waals surface area contributed by atoms with E-state index in [1.807, 2.05) is 27.2 Å². The second kappa shape index (κ2) is 9.52. The van der Waals surface area contributed by atoms with E-state index in [2.05, 4.69) is 30.1 Å². The van der Waals surface area contributed by atoms with Crippen molar-refractivity contribution in [3.63, 3.8) is 0 Å². The number of nitrogens with two attached hydrogens (primary N) is 1. The van der Waals surface area contributed by atoms with Gasteiger partial charge in [-0.3, -0.25) is 0 Å². The van der Waals surface area contributed by atoms with E-state index in [1.54, 1.807) is 38.4 Å². The number of methoxy groups -OCH3 is 1. The zero-order chi connectivity index (χ0) is 24.4. The van der Waals surface area contributed by atoms with Crippen molar-refractivity contribution >= 4 is 34.1 Å². The number of nitrogens with one attached hydrogen (secondary N) is 1. The Morgan fingerprint density at radius 2 is 1.91 bits per heavy atom. The summed E-state index contributed by atoms with van der Waals surface area (Å²) in [7, 11) is 7.63. The first-order chi connectivity index (χ1) is 16.2. The Hall–Kier alpha value is -3.92. The second-order valence-corrected chi connectivity index (χ2v) is 8.26. The largest absolute Gasteiger partial charge is 0.494 e. The number of fused-ring (bicyclic) bond motifs is 1. The third-order valence-electron chi connectivity index (χ3n) is 5.40. The predicted octanol–water partition coefficient (Wildman–Crippen LogP) is 4.06. The van der Waals surface area contributed by atoms with Crippen molar-refractivity contribution in [2.75, 3.05) is 57.3 Å². The lowest BCUT2D eigenvalue weighted by molar-refractivity contribution is 0.413. The van der Waals surface area contributed by atoms with Crippen LogP contribution in [-0.2, 0) is 0 Å². The molecule has 2 heterocycles. The molecular weight excluding hydrogens is 437 g/mol. The third kappa shape index (κ3) is 4.86. The van der Waals surface area contributed by atoms with Gasteiger partial charge >= 0.3 is 0 Å². The standard InChI is InChI=1S/C24H28FN7O2/c1-14-28-23-16(25)10-15(11-22(23)34-14)18-6-7-27-24(29-18)30-19-12-17(26)20(13-21(19)33-5)32(4)9-8-31(2)3/h6-7,10-13H,8-9,26H2,1-5H3,(H,27,29,30). The Bertz CT molecular complexity index is 1320. The SMILES string of the molecule is COc1cc(N(C)CCN(C)C)c(N)cc1Nc1nccc(-c2cc(F)c3nc(C)oc3c2)n1. The molecule has 0 fully saturated rings. The van der Waals surface area contributed by atoms with Crippen LogP contribution < -0.4 is 20.7 Å². The molecule has 0 aliphatic rings. The molecule has 2 aromatic heterocycles. The van der Waals surface area contributed by atoms with Crippen LogP contribution >= 0.6 is 0 Å². The first-order valence-corrected chi connectivity index (χ1v) is 10.8. The van der Waals surface area contributed by atoms with Crippen molar-refractivity contribution in [1.29, 1.82) is 0 Å². The number of halogens is 1. The average Bonchev–Trinajstić information content (AvgIpc) is 3.18. The van der Waals surface area contributed by atoms with Crippen LogP contribution in [0.3, 0.4) is 0 Å². The molecule has 10 heteroatoms. The number of aryl methyl sites for hydroxylation is 1. The lowest BCUT2D eigenvalue weighted by atomic mass is 10.1. The molecule has 0 atom stereocenters. The summed E-state index contributed by atoms with van der Waals surface area (Å²) >= 11 is 0. The molecule has 0 amide bonds. The monoisotopic (exact) mass is 465 g/mol. The minimum Gasteiger partial charge on any atom is -0.494 e. The fourth-order valence-electron chi connectivity index (χ4n) is 3.60. The minimum atomic E-state index is -0.471. The molecule has 0 aliphatic heterocycles. The Morgan fingerprint density at radius 3 is 2.65 bits per heavy atom.